The number of hydrogen-bond acceptors (Lipinski definition) is 3. The zero-order valence-electron chi connectivity index (χ0n) is 9.29. The second-order valence-electron chi connectivity index (χ2n) is 4.90. The van der Waals surface area contributed by atoms with Crippen molar-refractivity contribution in [3.63, 3.8) is 0 Å². The molecule has 1 aliphatic carbocycles. The molecule has 15 heavy (non-hydrogen) atoms. The minimum atomic E-state index is -0.127. The fourth-order valence-corrected chi connectivity index (χ4v) is 2.28. The fraction of sp³-hybridized carbons (Fsp3) is 0.909. The van der Waals surface area contributed by atoms with Crippen molar-refractivity contribution in [2.45, 2.75) is 44.2 Å². The lowest BCUT2D eigenvalue weighted by molar-refractivity contribution is -0.126. The Morgan fingerprint density at radius 2 is 2.33 bits per heavy atom. The summed E-state index contributed by atoms with van der Waals surface area (Å²) in [4.78, 5) is 11.8. The SMILES string of the molecule is CC1OCCC1C(=O)NCC1(N)CCC1. The Hall–Kier alpha value is -0.610. The number of nitrogens with one attached hydrogen (secondary N) is 1. The summed E-state index contributed by atoms with van der Waals surface area (Å²) in [6.07, 6.45) is 4.15. The van der Waals surface area contributed by atoms with Crippen LogP contribution in [0.5, 0.6) is 0 Å². The molecule has 0 bridgehead atoms. The van der Waals surface area contributed by atoms with E-state index in [2.05, 4.69) is 5.32 Å². The van der Waals surface area contributed by atoms with Crippen molar-refractivity contribution >= 4 is 5.91 Å². The highest BCUT2D eigenvalue weighted by Gasteiger charge is 2.35. The summed E-state index contributed by atoms with van der Waals surface area (Å²) in [6, 6.07) is 0. The van der Waals surface area contributed by atoms with Crippen LogP contribution in [0.15, 0.2) is 0 Å². The molecule has 1 saturated heterocycles. The molecule has 0 radical (unpaired) electrons. The molecular formula is C11H20N2O2. The third kappa shape index (κ3) is 2.32. The van der Waals surface area contributed by atoms with Crippen molar-refractivity contribution in [1.82, 2.24) is 5.32 Å². The Morgan fingerprint density at radius 3 is 2.80 bits per heavy atom. The summed E-state index contributed by atoms with van der Waals surface area (Å²) in [5.74, 6) is 0.130. The van der Waals surface area contributed by atoms with Crippen molar-refractivity contribution in [2.24, 2.45) is 11.7 Å². The van der Waals surface area contributed by atoms with Crippen molar-refractivity contribution in [2.75, 3.05) is 13.2 Å². The largest absolute Gasteiger partial charge is 0.378 e. The Balaban J connectivity index is 1.76. The lowest BCUT2D eigenvalue weighted by Crippen LogP contribution is -2.55. The molecule has 2 rings (SSSR count). The smallest absolute Gasteiger partial charge is 0.225 e. The molecule has 1 heterocycles. The van der Waals surface area contributed by atoms with Crippen LogP contribution < -0.4 is 11.1 Å². The minimum Gasteiger partial charge on any atom is -0.378 e. The highest BCUT2D eigenvalue weighted by molar-refractivity contribution is 5.79. The second-order valence-corrected chi connectivity index (χ2v) is 4.90. The molecule has 0 spiro atoms. The summed E-state index contributed by atoms with van der Waals surface area (Å²) in [6.45, 7) is 3.28. The molecule has 0 aromatic rings. The molecule has 86 valence electrons. The van der Waals surface area contributed by atoms with Crippen LogP contribution in [0, 0.1) is 5.92 Å². The van der Waals surface area contributed by atoms with Gasteiger partial charge < -0.3 is 15.8 Å². The van der Waals surface area contributed by atoms with E-state index in [0.29, 0.717) is 13.2 Å². The van der Waals surface area contributed by atoms with Crippen LogP contribution in [0.3, 0.4) is 0 Å². The van der Waals surface area contributed by atoms with Gasteiger partial charge in [-0.25, -0.2) is 0 Å². The van der Waals surface area contributed by atoms with Crippen molar-refractivity contribution < 1.29 is 9.53 Å². The standard InChI is InChI=1S/C11H20N2O2/c1-8-9(3-6-15-8)10(14)13-7-11(12)4-2-5-11/h8-9H,2-7,12H2,1H3,(H,13,14). The van der Waals surface area contributed by atoms with Gasteiger partial charge in [-0.2, -0.15) is 0 Å². The van der Waals surface area contributed by atoms with Gasteiger partial charge in [-0.05, 0) is 32.6 Å². The van der Waals surface area contributed by atoms with Crippen LogP contribution in [-0.2, 0) is 9.53 Å². The summed E-state index contributed by atoms with van der Waals surface area (Å²) in [5.41, 5.74) is 5.91. The molecule has 2 unspecified atom stereocenters. The maximum absolute atomic E-state index is 11.8. The van der Waals surface area contributed by atoms with Gasteiger partial charge in [0.1, 0.15) is 0 Å². The summed E-state index contributed by atoms with van der Waals surface area (Å²) in [5, 5.41) is 2.95. The Labute approximate surface area is 90.5 Å². The van der Waals surface area contributed by atoms with Gasteiger partial charge in [-0.3, -0.25) is 4.79 Å². The van der Waals surface area contributed by atoms with E-state index in [1.54, 1.807) is 0 Å². The molecule has 4 heteroatoms. The summed E-state index contributed by atoms with van der Waals surface area (Å²) < 4.78 is 5.37. The van der Waals surface area contributed by atoms with E-state index in [0.717, 1.165) is 19.3 Å². The van der Waals surface area contributed by atoms with Gasteiger partial charge in [0.25, 0.3) is 0 Å². The Bertz CT molecular complexity index is 251. The number of carbonyl (C=O) groups is 1. The van der Waals surface area contributed by atoms with Gasteiger partial charge >= 0.3 is 0 Å². The van der Waals surface area contributed by atoms with Crippen LogP contribution in [0.4, 0.5) is 0 Å². The molecule has 2 fully saturated rings. The number of amides is 1. The molecule has 0 aromatic heterocycles. The van der Waals surface area contributed by atoms with Gasteiger partial charge in [0.15, 0.2) is 0 Å². The lowest BCUT2D eigenvalue weighted by atomic mass is 9.77. The van der Waals surface area contributed by atoms with E-state index in [1.165, 1.54) is 6.42 Å². The predicted molar refractivity (Wildman–Crippen MR) is 57.3 cm³/mol. The zero-order valence-corrected chi connectivity index (χ0v) is 9.29. The number of ether oxygens (including phenoxy) is 1. The summed E-state index contributed by atoms with van der Waals surface area (Å²) in [7, 11) is 0. The summed E-state index contributed by atoms with van der Waals surface area (Å²) >= 11 is 0. The minimum absolute atomic E-state index is 0.0219. The van der Waals surface area contributed by atoms with E-state index in [9.17, 15) is 4.79 Å². The molecule has 3 N–H and O–H groups in total. The van der Waals surface area contributed by atoms with Crippen LogP contribution in [0.2, 0.25) is 0 Å². The molecular weight excluding hydrogens is 192 g/mol. The van der Waals surface area contributed by atoms with Crippen LogP contribution in [-0.4, -0.2) is 30.7 Å². The lowest BCUT2D eigenvalue weighted by Gasteiger charge is -2.38. The molecule has 1 amide bonds. The van der Waals surface area contributed by atoms with E-state index in [-0.39, 0.29) is 23.5 Å². The molecule has 2 atom stereocenters. The number of hydrogen-bond donors (Lipinski definition) is 2. The Morgan fingerprint density at radius 1 is 1.60 bits per heavy atom. The highest BCUT2D eigenvalue weighted by Crippen LogP contribution is 2.28. The van der Waals surface area contributed by atoms with Gasteiger partial charge in [-0.15, -0.1) is 0 Å². The fourth-order valence-electron chi connectivity index (χ4n) is 2.28. The normalized spacial score (nSPS) is 33.5. The van der Waals surface area contributed by atoms with E-state index >= 15 is 0 Å². The molecule has 0 aromatic carbocycles. The first-order chi connectivity index (χ1) is 7.11. The second kappa shape index (κ2) is 4.10. The average molecular weight is 212 g/mol. The number of nitrogens with two attached hydrogens (primary N) is 1. The highest BCUT2D eigenvalue weighted by atomic mass is 16.5. The van der Waals surface area contributed by atoms with E-state index in [1.807, 2.05) is 6.92 Å². The number of rotatable bonds is 3. The quantitative estimate of drug-likeness (QED) is 0.712. The van der Waals surface area contributed by atoms with Crippen LogP contribution >= 0.6 is 0 Å². The van der Waals surface area contributed by atoms with E-state index < -0.39 is 0 Å². The molecule has 1 aliphatic heterocycles. The molecule has 4 nitrogen and oxygen atoms in total. The number of carbonyl (C=O) groups excluding carboxylic acids is 1. The van der Waals surface area contributed by atoms with Gasteiger partial charge in [0.05, 0.1) is 12.0 Å². The monoisotopic (exact) mass is 212 g/mol. The first-order valence-corrected chi connectivity index (χ1v) is 5.79. The van der Waals surface area contributed by atoms with Crippen LogP contribution in [0.1, 0.15) is 32.6 Å². The van der Waals surface area contributed by atoms with Crippen molar-refractivity contribution in [3.05, 3.63) is 0 Å². The molecule has 1 saturated carbocycles. The zero-order chi connectivity index (χ0) is 10.9. The van der Waals surface area contributed by atoms with E-state index in [4.69, 9.17) is 10.5 Å². The maximum Gasteiger partial charge on any atom is 0.225 e. The van der Waals surface area contributed by atoms with Crippen LogP contribution in [0.25, 0.3) is 0 Å². The van der Waals surface area contributed by atoms with Crippen molar-refractivity contribution in [3.8, 4) is 0 Å². The Kier molecular flexibility index (Phi) is 2.98. The van der Waals surface area contributed by atoms with Gasteiger partial charge in [0, 0.05) is 18.7 Å². The molecule has 2 aliphatic rings. The maximum atomic E-state index is 11.8. The van der Waals surface area contributed by atoms with Gasteiger partial charge in [0.2, 0.25) is 5.91 Å². The van der Waals surface area contributed by atoms with Crippen molar-refractivity contribution in [1.29, 1.82) is 0 Å². The first kappa shape index (κ1) is 10.9. The third-order valence-corrected chi connectivity index (χ3v) is 3.68. The predicted octanol–water partition coefficient (Wildman–Crippen LogP) is 0.409. The van der Waals surface area contributed by atoms with Gasteiger partial charge in [-0.1, -0.05) is 0 Å². The topological polar surface area (TPSA) is 64.3 Å². The average Bonchev–Trinajstić information content (AvgIpc) is 2.58. The third-order valence-electron chi connectivity index (χ3n) is 3.68. The first-order valence-electron chi connectivity index (χ1n) is 5.79.